The number of ether oxygens (including phenoxy) is 1. The van der Waals surface area contributed by atoms with E-state index in [1.54, 1.807) is 0 Å². The molecule has 1 aliphatic rings. The first-order chi connectivity index (χ1) is 5.24. The maximum atomic E-state index is 5.40. The van der Waals surface area contributed by atoms with E-state index in [2.05, 4.69) is 19.0 Å². The lowest BCUT2D eigenvalue weighted by Crippen LogP contribution is -2.28. The molecule has 0 radical (unpaired) electrons. The SMILES string of the molecule is COC1CCCC1CN(C)C. The summed E-state index contributed by atoms with van der Waals surface area (Å²) in [7, 11) is 6.09. The summed E-state index contributed by atoms with van der Waals surface area (Å²) in [6.07, 6.45) is 4.47. The summed E-state index contributed by atoms with van der Waals surface area (Å²) in [4.78, 5) is 2.25. The van der Waals surface area contributed by atoms with Crippen molar-refractivity contribution in [3.8, 4) is 0 Å². The molecule has 0 spiro atoms. The van der Waals surface area contributed by atoms with Gasteiger partial charge in [-0.15, -0.1) is 0 Å². The Labute approximate surface area is 69.5 Å². The lowest BCUT2D eigenvalue weighted by atomic mass is 10.1. The van der Waals surface area contributed by atoms with Gasteiger partial charge in [-0.3, -0.25) is 0 Å². The first-order valence-electron chi connectivity index (χ1n) is 4.41. The summed E-state index contributed by atoms with van der Waals surface area (Å²) in [5.74, 6) is 0.773. The van der Waals surface area contributed by atoms with Crippen molar-refractivity contribution in [2.24, 2.45) is 5.92 Å². The van der Waals surface area contributed by atoms with Gasteiger partial charge in [-0.2, -0.15) is 0 Å². The van der Waals surface area contributed by atoms with Crippen LogP contribution in [0.25, 0.3) is 0 Å². The van der Waals surface area contributed by atoms with E-state index in [-0.39, 0.29) is 0 Å². The van der Waals surface area contributed by atoms with Crippen LogP contribution in [-0.4, -0.2) is 38.8 Å². The minimum Gasteiger partial charge on any atom is -0.381 e. The molecule has 0 aromatic heterocycles. The lowest BCUT2D eigenvalue weighted by molar-refractivity contribution is 0.0611. The zero-order chi connectivity index (χ0) is 8.27. The molecule has 1 fully saturated rings. The van der Waals surface area contributed by atoms with Gasteiger partial charge in [0.2, 0.25) is 0 Å². The highest BCUT2D eigenvalue weighted by Crippen LogP contribution is 2.27. The van der Waals surface area contributed by atoms with Gasteiger partial charge in [0.1, 0.15) is 0 Å². The van der Waals surface area contributed by atoms with Gasteiger partial charge in [0.05, 0.1) is 6.10 Å². The molecule has 1 saturated carbocycles. The third kappa shape index (κ3) is 2.46. The largest absolute Gasteiger partial charge is 0.381 e. The van der Waals surface area contributed by atoms with Crippen LogP contribution in [-0.2, 0) is 4.74 Å². The van der Waals surface area contributed by atoms with Gasteiger partial charge in [0.15, 0.2) is 0 Å². The molecule has 1 rings (SSSR count). The predicted octanol–water partition coefficient (Wildman–Crippen LogP) is 1.36. The van der Waals surface area contributed by atoms with Crippen LogP contribution in [0.1, 0.15) is 19.3 Å². The maximum Gasteiger partial charge on any atom is 0.0611 e. The van der Waals surface area contributed by atoms with E-state index in [0.29, 0.717) is 6.10 Å². The Morgan fingerprint density at radius 1 is 1.36 bits per heavy atom. The van der Waals surface area contributed by atoms with E-state index in [9.17, 15) is 0 Å². The van der Waals surface area contributed by atoms with E-state index in [0.717, 1.165) is 5.92 Å². The van der Waals surface area contributed by atoms with Crippen LogP contribution in [0, 0.1) is 5.92 Å². The molecule has 2 atom stereocenters. The summed E-state index contributed by atoms with van der Waals surface area (Å²) in [6.45, 7) is 1.18. The molecule has 0 aromatic carbocycles. The van der Waals surface area contributed by atoms with Crippen molar-refractivity contribution in [1.29, 1.82) is 0 Å². The van der Waals surface area contributed by atoms with E-state index >= 15 is 0 Å². The average molecular weight is 157 g/mol. The molecule has 0 saturated heterocycles. The molecule has 0 aliphatic heterocycles. The standard InChI is InChI=1S/C9H19NO/c1-10(2)7-8-5-4-6-9(8)11-3/h8-9H,4-7H2,1-3H3. The van der Waals surface area contributed by atoms with Crippen molar-refractivity contribution in [3.05, 3.63) is 0 Å². The first-order valence-corrected chi connectivity index (χ1v) is 4.41. The first kappa shape index (κ1) is 9.01. The fourth-order valence-electron chi connectivity index (χ4n) is 1.99. The Bertz CT molecular complexity index is 114. The number of nitrogens with zero attached hydrogens (tertiary/aromatic N) is 1. The molecule has 0 heterocycles. The third-order valence-electron chi connectivity index (χ3n) is 2.49. The summed E-state index contributed by atoms with van der Waals surface area (Å²) < 4.78 is 5.40. The van der Waals surface area contributed by atoms with E-state index in [1.807, 2.05) is 7.11 Å². The average Bonchev–Trinajstić information content (AvgIpc) is 2.34. The van der Waals surface area contributed by atoms with Gasteiger partial charge in [-0.1, -0.05) is 6.42 Å². The van der Waals surface area contributed by atoms with Gasteiger partial charge in [0, 0.05) is 13.7 Å². The summed E-state index contributed by atoms with van der Waals surface area (Å²) >= 11 is 0. The van der Waals surface area contributed by atoms with Gasteiger partial charge < -0.3 is 9.64 Å². The van der Waals surface area contributed by atoms with Crippen molar-refractivity contribution in [2.45, 2.75) is 25.4 Å². The molecule has 2 nitrogen and oxygen atoms in total. The van der Waals surface area contributed by atoms with Gasteiger partial charge in [-0.05, 0) is 32.9 Å². The quantitative estimate of drug-likeness (QED) is 0.613. The number of methoxy groups -OCH3 is 1. The van der Waals surface area contributed by atoms with Crippen LogP contribution in [0.2, 0.25) is 0 Å². The van der Waals surface area contributed by atoms with Crippen molar-refractivity contribution in [1.82, 2.24) is 4.90 Å². The van der Waals surface area contributed by atoms with E-state index in [1.165, 1.54) is 25.8 Å². The fourth-order valence-corrected chi connectivity index (χ4v) is 1.99. The van der Waals surface area contributed by atoms with Gasteiger partial charge in [0.25, 0.3) is 0 Å². The lowest BCUT2D eigenvalue weighted by Gasteiger charge is -2.21. The number of rotatable bonds is 3. The Balaban J connectivity index is 2.31. The maximum absolute atomic E-state index is 5.40. The van der Waals surface area contributed by atoms with Crippen molar-refractivity contribution in [2.75, 3.05) is 27.7 Å². The molecule has 2 unspecified atom stereocenters. The predicted molar refractivity (Wildman–Crippen MR) is 46.7 cm³/mol. The molecule has 2 heteroatoms. The molecule has 0 amide bonds. The summed E-state index contributed by atoms with van der Waals surface area (Å²) in [6, 6.07) is 0. The highest BCUT2D eigenvalue weighted by Gasteiger charge is 2.26. The second kappa shape index (κ2) is 4.07. The molecular formula is C9H19NO. The zero-order valence-corrected chi connectivity index (χ0v) is 7.84. The number of hydrogen-bond acceptors (Lipinski definition) is 2. The Hall–Kier alpha value is -0.0800. The topological polar surface area (TPSA) is 12.5 Å². The van der Waals surface area contributed by atoms with Gasteiger partial charge >= 0.3 is 0 Å². The van der Waals surface area contributed by atoms with Crippen molar-refractivity contribution < 1.29 is 4.74 Å². The second-order valence-electron chi connectivity index (χ2n) is 3.73. The monoisotopic (exact) mass is 157 g/mol. The molecule has 1 aliphatic carbocycles. The number of hydrogen-bond donors (Lipinski definition) is 0. The summed E-state index contributed by atoms with van der Waals surface area (Å²) in [5, 5.41) is 0. The van der Waals surface area contributed by atoms with E-state index < -0.39 is 0 Å². The van der Waals surface area contributed by atoms with Crippen LogP contribution in [0.5, 0.6) is 0 Å². The van der Waals surface area contributed by atoms with Crippen LogP contribution < -0.4 is 0 Å². The molecular weight excluding hydrogens is 138 g/mol. The Kier molecular flexibility index (Phi) is 3.34. The third-order valence-corrected chi connectivity index (χ3v) is 2.49. The minimum absolute atomic E-state index is 0.525. The molecule has 66 valence electrons. The highest BCUT2D eigenvalue weighted by atomic mass is 16.5. The Morgan fingerprint density at radius 3 is 2.64 bits per heavy atom. The Morgan fingerprint density at radius 2 is 2.09 bits per heavy atom. The smallest absolute Gasteiger partial charge is 0.0611 e. The van der Waals surface area contributed by atoms with Gasteiger partial charge in [-0.25, -0.2) is 0 Å². The minimum atomic E-state index is 0.525. The van der Waals surface area contributed by atoms with Crippen molar-refractivity contribution in [3.63, 3.8) is 0 Å². The van der Waals surface area contributed by atoms with Crippen LogP contribution in [0.3, 0.4) is 0 Å². The molecule has 11 heavy (non-hydrogen) atoms. The van der Waals surface area contributed by atoms with Crippen molar-refractivity contribution >= 4 is 0 Å². The van der Waals surface area contributed by atoms with E-state index in [4.69, 9.17) is 4.74 Å². The fraction of sp³-hybridized carbons (Fsp3) is 1.00. The highest BCUT2D eigenvalue weighted by molar-refractivity contribution is 4.79. The zero-order valence-electron chi connectivity index (χ0n) is 7.84. The molecule has 0 aromatic rings. The second-order valence-corrected chi connectivity index (χ2v) is 3.73. The van der Waals surface area contributed by atoms with Crippen LogP contribution in [0.4, 0.5) is 0 Å². The van der Waals surface area contributed by atoms with Crippen LogP contribution >= 0.6 is 0 Å². The normalized spacial score (nSPS) is 31.6. The molecule has 0 N–H and O–H groups in total. The molecule has 0 bridgehead atoms. The van der Waals surface area contributed by atoms with Crippen LogP contribution in [0.15, 0.2) is 0 Å². The summed E-state index contributed by atoms with van der Waals surface area (Å²) in [5.41, 5.74) is 0.